The highest BCUT2D eigenvalue weighted by atomic mass is 16.6. The molecule has 22 heavy (non-hydrogen) atoms. The Morgan fingerprint density at radius 1 is 1.18 bits per heavy atom. The smallest absolute Gasteiger partial charge is 0.334 e. The molecule has 1 aromatic rings. The van der Waals surface area contributed by atoms with Crippen molar-refractivity contribution in [2.45, 2.75) is 31.3 Å². The summed E-state index contributed by atoms with van der Waals surface area (Å²) in [6.45, 7) is 3.82. The Bertz CT molecular complexity index is 631. The van der Waals surface area contributed by atoms with Crippen molar-refractivity contribution in [2.75, 3.05) is 21.3 Å². The van der Waals surface area contributed by atoms with E-state index in [2.05, 4.69) is 6.58 Å². The van der Waals surface area contributed by atoms with Gasteiger partial charge in [0.1, 0.15) is 5.60 Å². The fourth-order valence-electron chi connectivity index (χ4n) is 3.57. The van der Waals surface area contributed by atoms with Crippen molar-refractivity contribution in [1.82, 2.24) is 0 Å². The van der Waals surface area contributed by atoms with Gasteiger partial charge in [-0.2, -0.15) is 0 Å². The lowest BCUT2D eigenvalue weighted by molar-refractivity contribution is -0.148. The summed E-state index contributed by atoms with van der Waals surface area (Å²) in [5.41, 5.74) is 1.78. The van der Waals surface area contributed by atoms with Gasteiger partial charge in [0.05, 0.1) is 21.3 Å². The van der Waals surface area contributed by atoms with E-state index in [0.29, 0.717) is 29.2 Å². The summed E-state index contributed by atoms with van der Waals surface area (Å²) in [7, 11) is 4.76. The first-order valence-corrected chi connectivity index (χ1v) is 7.29. The number of ether oxygens (including phenoxy) is 4. The normalized spacial score (nSPS) is 23.2. The minimum absolute atomic E-state index is 0.329. The average Bonchev–Trinajstić information content (AvgIpc) is 2.80. The Morgan fingerprint density at radius 2 is 1.91 bits per heavy atom. The molecule has 2 aliphatic rings. The van der Waals surface area contributed by atoms with Gasteiger partial charge in [0.25, 0.3) is 0 Å². The zero-order chi connectivity index (χ0) is 15.9. The van der Waals surface area contributed by atoms with Gasteiger partial charge in [-0.3, -0.25) is 0 Å². The van der Waals surface area contributed by atoms with Gasteiger partial charge in [-0.25, -0.2) is 4.79 Å². The number of hydrogen-bond donors (Lipinski definition) is 0. The number of methoxy groups -OCH3 is 3. The Morgan fingerprint density at radius 3 is 2.45 bits per heavy atom. The third kappa shape index (κ3) is 1.95. The van der Waals surface area contributed by atoms with Crippen molar-refractivity contribution in [3.8, 4) is 17.2 Å². The molecule has 118 valence electrons. The van der Waals surface area contributed by atoms with E-state index in [4.69, 9.17) is 18.9 Å². The van der Waals surface area contributed by atoms with E-state index in [0.717, 1.165) is 30.4 Å². The van der Waals surface area contributed by atoms with Gasteiger partial charge in [0.2, 0.25) is 5.75 Å². The number of carbonyl (C=O) groups excluding carboxylic acids is 1. The fraction of sp³-hybridized carbons (Fsp3) is 0.471. The topological polar surface area (TPSA) is 54.0 Å². The maximum Gasteiger partial charge on any atom is 0.334 e. The van der Waals surface area contributed by atoms with Crippen LogP contribution in [-0.2, 0) is 21.6 Å². The maximum atomic E-state index is 11.9. The summed E-state index contributed by atoms with van der Waals surface area (Å²) >= 11 is 0. The second-order valence-electron chi connectivity index (χ2n) is 5.70. The quantitative estimate of drug-likeness (QED) is 0.635. The minimum Gasteiger partial charge on any atom is -0.493 e. The third-order valence-electron chi connectivity index (χ3n) is 4.47. The average molecular weight is 304 g/mol. The molecule has 1 aromatic carbocycles. The summed E-state index contributed by atoms with van der Waals surface area (Å²) in [5, 5.41) is 0. The molecule has 3 rings (SSSR count). The zero-order valence-electron chi connectivity index (χ0n) is 13.2. The summed E-state index contributed by atoms with van der Waals surface area (Å²) in [6, 6.07) is 1.95. The van der Waals surface area contributed by atoms with Crippen LogP contribution in [0.4, 0.5) is 0 Å². The van der Waals surface area contributed by atoms with E-state index < -0.39 is 5.60 Å². The Labute approximate surface area is 129 Å². The van der Waals surface area contributed by atoms with Crippen molar-refractivity contribution in [3.05, 3.63) is 29.3 Å². The van der Waals surface area contributed by atoms with Gasteiger partial charge in [0.15, 0.2) is 11.5 Å². The van der Waals surface area contributed by atoms with Crippen LogP contribution >= 0.6 is 0 Å². The van der Waals surface area contributed by atoms with Crippen LogP contribution in [0.5, 0.6) is 17.2 Å². The molecule has 1 spiro atoms. The van der Waals surface area contributed by atoms with E-state index in [1.54, 1.807) is 21.3 Å². The predicted molar refractivity (Wildman–Crippen MR) is 80.6 cm³/mol. The summed E-state index contributed by atoms with van der Waals surface area (Å²) in [5.74, 6) is 1.40. The first-order valence-electron chi connectivity index (χ1n) is 7.29. The van der Waals surface area contributed by atoms with Crippen LogP contribution in [0.3, 0.4) is 0 Å². The molecule has 0 unspecified atom stereocenters. The molecule has 5 heteroatoms. The van der Waals surface area contributed by atoms with Gasteiger partial charge in [-0.05, 0) is 30.9 Å². The Balaban J connectivity index is 2.26. The van der Waals surface area contributed by atoms with Crippen LogP contribution in [0.25, 0.3) is 0 Å². The monoisotopic (exact) mass is 304 g/mol. The van der Waals surface area contributed by atoms with Crippen molar-refractivity contribution < 1.29 is 23.7 Å². The molecule has 1 aliphatic carbocycles. The number of benzene rings is 1. The zero-order valence-corrected chi connectivity index (χ0v) is 13.2. The molecule has 5 nitrogen and oxygen atoms in total. The molecule has 1 fully saturated rings. The molecule has 1 atom stereocenters. The predicted octanol–water partition coefficient (Wildman–Crippen LogP) is 2.75. The van der Waals surface area contributed by atoms with Crippen molar-refractivity contribution in [1.29, 1.82) is 0 Å². The largest absolute Gasteiger partial charge is 0.493 e. The standard InChI is InChI=1S/C17H20O5/c1-10-9-17(22-16(10)18)7-5-6-11-8-12(19-2)14(20-3)15(21-4)13(11)17/h8H,1,5-7,9H2,2-4H3/t17-/m0/s1. The van der Waals surface area contributed by atoms with E-state index in [1.165, 1.54) is 0 Å². The van der Waals surface area contributed by atoms with E-state index in [1.807, 2.05) is 6.07 Å². The molecule has 0 radical (unpaired) electrons. The molecule has 0 bridgehead atoms. The summed E-state index contributed by atoms with van der Waals surface area (Å²) in [6.07, 6.45) is 3.07. The van der Waals surface area contributed by atoms with Crippen LogP contribution < -0.4 is 14.2 Å². The fourth-order valence-corrected chi connectivity index (χ4v) is 3.57. The third-order valence-corrected chi connectivity index (χ3v) is 4.47. The second kappa shape index (κ2) is 5.23. The summed E-state index contributed by atoms with van der Waals surface area (Å²) < 4.78 is 22.2. The number of rotatable bonds is 3. The molecular weight excluding hydrogens is 284 g/mol. The van der Waals surface area contributed by atoms with Crippen LogP contribution in [0.1, 0.15) is 30.4 Å². The van der Waals surface area contributed by atoms with E-state index in [-0.39, 0.29) is 5.97 Å². The lowest BCUT2D eigenvalue weighted by atomic mass is 9.76. The van der Waals surface area contributed by atoms with Crippen LogP contribution in [0, 0.1) is 0 Å². The van der Waals surface area contributed by atoms with Crippen LogP contribution in [0.2, 0.25) is 0 Å². The molecule has 1 aliphatic heterocycles. The van der Waals surface area contributed by atoms with E-state index in [9.17, 15) is 4.79 Å². The molecule has 1 saturated heterocycles. The first-order chi connectivity index (χ1) is 10.6. The summed E-state index contributed by atoms with van der Waals surface area (Å²) in [4.78, 5) is 11.9. The number of aryl methyl sites for hydroxylation is 1. The highest BCUT2D eigenvalue weighted by Crippen LogP contribution is 2.55. The highest BCUT2D eigenvalue weighted by Gasteiger charge is 2.49. The number of fused-ring (bicyclic) bond motifs is 2. The maximum absolute atomic E-state index is 11.9. The number of carbonyl (C=O) groups is 1. The van der Waals surface area contributed by atoms with Gasteiger partial charge >= 0.3 is 5.97 Å². The van der Waals surface area contributed by atoms with Crippen LogP contribution in [-0.4, -0.2) is 27.3 Å². The van der Waals surface area contributed by atoms with Crippen molar-refractivity contribution >= 4 is 5.97 Å². The van der Waals surface area contributed by atoms with Gasteiger partial charge < -0.3 is 18.9 Å². The van der Waals surface area contributed by atoms with Gasteiger partial charge in [-0.1, -0.05) is 6.58 Å². The van der Waals surface area contributed by atoms with Crippen molar-refractivity contribution in [2.24, 2.45) is 0 Å². The van der Waals surface area contributed by atoms with Gasteiger partial charge in [-0.15, -0.1) is 0 Å². The molecular formula is C17H20O5. The molecule has 0 saturated carbocycles. The SMILES string of the molecule is C=C1C[C@]2(CCCc3cc(OC)c(OC)c(OC)c32)OC1=O. The lowest BCUT2D eigenvalue weighted by Gasteiger charge is -2.36. The minimum atomic E-state index is -0.688. The lowest BCUT2D eigenvalue weighted by Crippen LogP contribution is -2.31. The molecule has 1 heterocycles. The Kier molecular flexibility index (Phi) is 3.51. The molecule has 0 N–H and O–H groups in total. The molecule has 0 aromatic heterocycles. The number of esters is 1. The number of hydrogen-bond acceptors (Lipinski definition) is 5. The van der Waals surface area contributed by atoms with Gasteiger partial charge in [0, 0.05) is 17.6 Å². The van der Waals surface area contributed by atoms with Crippen LogP contribution in [0.15, 0.2) is 18.2 Å². The molecule has 0 amide bonds. The van der Waals surface area contributed by atoms with Crippen molar-refractivity contribution in [3.63, 3.8) is 0 Å². The first kappa shape index (κ1) is 14.8. The highest BCUT2D eigenvalue weighted by molar-refractivity contribution is 5.91. The van der Waals surface area contributed by atoms with E-state index >= 15 is 0 Å². The Hall–Kier alpha value is -2.17. The second-order valence-corrected chi connectivity index (χ2v) is 5.70.